The van der Waals surface area contributed by atoms with Gasteiger partial charge in [-0.05, 0) is 42.9 Å². The molecule has 0 aliphatic heterocycles. The predicted octanol–water partition coefficient (Wildman–Crippen LogP) is 4.84. The normalized spacial score (nSPS) is 12.3. The maximum atomic E-state index is 9.21. The van der Waals surface area contributed by atoms with E-state index >= 15 is 0 Å². The fraction of sp³-hybridized carbons (Fsp3) is 0.368. The van der Waals surface area contributed by atoms with Crippen molar-refractivity contribution in [2.75, 3.05) is 0 Å². The topological polar surface area (TPSA) is 20.2 Å². The van der Waals surface area contributed by atoms with Crippen molar-refractivity contribution in [1.82, 2.24) is 0 Å². The van der Waals surface area contributed by atoms with Gasteiger partial charge in [0.05, 0.1) is 6.10 Å². The summed E-state index contributed by atoms with van der Waals surface area (Å²) in [6, 6.07) is 19.4. The summed E-state index contributed by atoms with van der Waals surface area (Å²) in [7, 11) is 0. The Morgan fingerprint density at radius 1 is 0.800 bits per heavy atom. The van der Waals surface area contributed by atoms with Crippen LogP contribution in [-0.2, 0) is 6.42 Å². The number of unbranched alkanes of at least 4 members (excludes halogenated alkanes) is 2. The lowest BCUT2D eigenvalue weighted by atomic mass is 10.0. The van der Waals surface area contributed by atoms with Crippen LogP contribution in [-0.4, -0.2) is 11.2 Å². The molecule has 0 aromatic heterocycles. The largest absolute Gasteiger partial charge is 0.393 e. The first-order chi connectivity index (χ1) is 9.75. The molecule has 0 bridgehead atoms. The van der Waals surface area contributed by atoms with E-state index in [0.29, 0.717) is 0 Å². The Morgan fingerprint density at radius 3 is 2.10 bits per heavy atom. The second kappa shape index (κ2) is 7.86. The van der Waals surface area contributed by atoms with Crippen LogP contribution in [0, 0.1) is 0 Å². The first kappa shape index (κ1) is 14.8. The average molecular weight is 268 g/mol. The van der Waals surface area contributed by atoms with E-state index < -0.39 is 0 Å². The molecule has 0 fully saturated rings. The summed E-state index contributed by atoms with van der Waals surface area (Å²) in [6.07, 6.45) is 5.43. The molecule has 2 aromatic rings. The highest BCUT2D eigenvalue weighted by Crippen LogP contribution is 2.20. The van der Waals surface area contributed by atoms with Crippen molar-refractivity contribution in [3.05, 3.63) is 60.2 Å². The Kier molecular flexibility index (Phi) is 5.82. The molecule has 0 aliphatic rings. The fourth-order valence-electron chi connectivity index (χ4n) is 2.44. The summed E-state index contributed by atoms with van der Waals surface area (Å²) in [5.74, 6) is 0. The molecule has 0 aliphatic carbocycles. The van der Waals surface area contributed by atoms with Crippen LogP contribution in [0.3, 0.4) is 0 Å². The minimum Gasteiger partial charge on any atom is -0.393 e. The smallest absolute Gasteiger partial charge is 0.0512 e. The van der Waals surface area contributed by atoms with E-state index in [1.807, 2.05) is 13.0 Å². The van der Waals surface area contributed by atoms with Gasteiger partial charge < -0.3 is 5.11 Å². The minimum atomic E-state index is -0.153. The van der Waals surface area contributed by atoms with Crippen molar-refractivity contribution >= 4 is 0 Å². The minimum absolute atomic E-state index is 0.153. The number of benzene rings is 2. The molecule has 0 saturated carbocycles. The summed E-state index contributed by atoms with van der Waals surface area (Å²) >= 11 is 0. The highest BCUT2D eigenvalue weighted by atomic mass is 16.3. The van der Waals surface area contributed by atoms with Crippen molar-refractivity contribution in [2.24, 2.45) is 0 Å². The van der Waals surface area contributed by atoms with Gasteiger partial charge in [0.1, 0.15) is 0 Å². The fourth-order valence-corrected chi connectivity index (χ4v) is 2.44. The molecule has 0 saturated heterocycles. The second-order valence-electron chi connectivity index (χ2n) is 5.51. The molecule has 0 radical (unpaired) electrons. The number of rotatable bonds is 7. The van der Waals surface area contributed by atoms with E-state index in [-0.39, 0.29) is 6.10 Å². The van der Waals surface area contributed by atoms with Crippen LogP contribution in [0.2, 0.25) is 0 Å². The van der Waals surface area contributed by atoms with Crippen molar-refractivity contribution in [2.45, 2.75) is 45.1 Å². The van der Waals surface area contributed by atoms with Crippen LogP contribution in [0.4, 0.5) is 0 Å². The summed E-state index contributed by atoms with van der Waals surface area (Å²) in [4.78, 5) is 0. The molecule has 2 rings (SSSR count). The standard InChI is InChI=1S/C19H24O/c1-16(20)8-4-2-5-9-17-12-14-19(15-13-17)18-10-6-3-7-11-18/h3,6-7,10-16,20H,2,4-5,8-9H2,1H3. The number of aliphatic hydroxyl groups excluding tert-OH is 1. The van der Waals surface area contributed by atoms with Crippen LogP contribution in [0.1, 0.15) is 38.2 Å². The Hall–Kier alpha value is -1.60. The van der Waals surface area contributed by atoms with E-state index in [1.165, 1.54) is 29.5 Å². The van der Waals surface area contributed by atoms with E-state index in [2.05, 4.69) is 48.5 Å². The number of hydrogen-bond acceptors (Lipinski definition) is 1. The molecular weight excluding hydrogens is 244 g/mol. The Balaban J connectivity index is 1.80. The van der Waals surface area contributed by atoms with Gasteiger partial charge in [-0.3, -0.25) is 0 Å². The second-order valence-corrected chi connectivity index (χ2v) is 5.51. The number of aryl methyl sites for hydroxylation is 1. The third kappa shape index (κ3) is 4.82. The third-order valence-corrected chi connectivity index (χ3v) is 3.65. The van der Waals surface area contributed by atoms with Crippen molar-refractivity contribution in [3.8, 4) is 11.1 Å². The molecule has 2 aromatic carbocycles. The maximum Gasteiger partial charge on any atom is 0.0512 e. The number of hydrogen-bond donors (Lipinski definition) is 1. The van der Waals surface area contributed by atoms with E-state index in [1.54, 1.807) is 0 Å². The molecule has 1 heteroatoms. The van der Waals surface area contributed by atoms with E-state index in [4.69, 9.17) is 0 Å². The Bertz CT molecular complexity index is 485. The quantitative estimate of drug-likeness (QED) is 0.713. The van der Waals surface area contributed by atoms with Gasteiger partial charge in [0, 0.05) is 0 Å². The first-order valence-corrected chi connectivity index (χ1v) is 7.58. The lowest BCUT2D eigenvalue weighted by Gasteiger charge is -2.06. The first-order valence-electron chi connectivity index (χ1n) is 7.58. The summed E-state index contributed by atoms with van der Waals surface area (Å²) < 4.78 is 0. The van der Waals surface area contributed by atoms with Gasteiger partial charge in [-0.1, -0.05) is 67.4 Å². The van der Waals surface area contributed by atoms with Crippen LogP contribution >= 0.6 is 0 Å². The van der Waals surface area contributed by atoms with Gasteiger partial charge in [0.15, 0.2) is 0 Å². The molecule has 1 atom stereocenters. The zero-order valence-electron chi connectivity index (χ0n) is 12.3. The van der Waals surface area contributed by atoms with Gasteiger partial charge in [-0.2, -0.15) is 0 Å². The van der Waals surface area contributed by atoms with Gasteiger partial charge in [-0.15, -0.1) is 0 Å². The Morgan fingerprint density at radius 2 is 1.45 bits per heavy atom. The molecule has 0 spiro atoms. The predicted molar refractivity (Wildman–Crippen MR) is 85.7 cm³/mol. The summed E-state index contributed by atoms with van der Waals surface area (Å²) in [5.41, 5.74) is 3.96. The van der Waals surface area contributed by atoms with Gasteiger partial charge >= 0.3 is 0 Å². The zero-order valence-corrected chi connectivity index (χ0v) is 12.3. The highest BCUT2D eigenvalue weighted by molar-refractivity contribution is 5.63. The van der Waals surface area contributed by atoms with Gasteiger partial charge in [0.2, 0.25) is 0 Å². The maximum absolute atomic E-state index is 9.21. The van der Waals surface area contributed by atoms with Gasteiger partial charge in [0.25, 0.3) is 0 Å². The molecule has 20 heavy (non-hydrogen) atoms. The highest BCUT2D eigenvalue weighted by Gasteiger charge is 1.99. The SMILES string of the molecule is CC(O)CCCCCc1ccc(-c2ccccc2)cc1. The molecule has 1 unspecified atom stereocenters. The van der Waals surface area contributed by atoms with Gasteiger partial charge in [-0.25, -0.2) is 0 Å². The molecule has 1 N–H and O–H groups in total. The zero-order chi connectivity index (χ0) is 14.2. The monoisotopic (exact) mass is 268 g/mol. The summed E-state index contributed by atoms with van der Waals surface area (Å²) in [6.45, 7) is 1.86. The molecule has 0 heterocycles. The van der Waals surface area contributed by atoms with Crippen LogP contribution in [0.25, 0.3) is 11.1 Å². The third-order valence-electron chi connectivity index (χ3n) is 3.65. The molecule has 1 nitrogen and oxygen atoms in total. The Labute approximate surface area is 122 Å². The average Bonchev–Trinajstić information content (AvgIpc) is 2.48. The van der Waals surface area contributed by atoms with Crippen LogP contribution < -0.4 is 0 Å². The van der Waals surface area contributed by atoms with Crippen molar-refractivity contribution in [3.63, 3.8) is 0 Å². The van der Waals surface area contributed by atoms with Crippen molar-refractivity contribution < 1.29 is 5.11 Å². The van der Waals surface area contributed by atoms with Crippen LogP contribution in [0.5, 0.6) is 0 Å². The molecule has 0 amide bonds. The molecular formula is C19H24O. The van der Waals surface area contributed by atoms with E-state index in [9.17, 15) is 5.11 Å². The lowest BCUT2D eigenvalue weighted by Crippen LogP contribution is -1.98. The summed E-state index contributed by atoms with van der Waals surface area (Å²) in [5, 5.41) is 9.21. The van der Waals surface area contributed by atoms with Crippen molar-refractivity contribution in [1.29, 1.82) is 0 Å². The van der Waals surface area contributed by atoms with E-state index in [0.717, 1.165) is 19.3 Å². The molecule has 106 valence electrons. The number of aliphatic hydroxyl groups is 1. The van der Waals surface area contributed by atoms with Crippen LogP contribution in [0.15, 0.2) is 54.6 Å². The lowest BCUT2D eigenvalue weighted by molar-refractivity contribution is 0.180.